The van der Waals surface area contributed by atoms with Crippen LogP contribution in [0.15, 0.2) is 119 Å². The smallest absolute Gasteiger partial charge is 0.137 e. The SMILES string of the molecule is Oc1ccc2oc(-c3ccccc3)cc(=Nc3ccc(Nc4ccccc4)cc3)c2c1. The molecule has 4 nitrogen and oxygen atoms in total. The number of nitrogens with one attached hydrogen (secondary N) is 1. The first-order chi connectivity index (χ1) is 15.2. The summed E-state index contributed by atoms with van der Waals surface area (Å²) in [6, 6.07) is 34.8. The molecule has 0 radical (unpaired) electrons. The molecular weight excluding hydrogens is 384 g/mol. The fourth-order valence-corrected chi connectivity index (χ4v) is 3.44. The van der Waals surface area contributed by atoms with Crippen LogP contribution in [0, 0.1) is 0 Å². The lowest BCUT2D eigenvalue weighted by atomic mass is 10.1. The van der Waals surface area contributed by atoms with Gasteiger partial charge < -0.3 is 14.8 Å². The van der Waals surface area contributed by atoms with Crippen LogP contribution in [0.2, 0.25) is 0 Å². The number of hydrogen-bond donors (Lipinski definition) is 2. The molecule has 31 heavy (non-hydrogen) atoms. The van der Waals surface area contributed by atoms with Crippen molar-refractivity contribution < 1.29 is 9.52 Å². The fraction of sp³-hybridized carbons (Fsp3) is 0. The van der Waals surface area contributed by atoms with E-state index in [2.05, 4.69) is 5.32 Å². The van der Waals surface area contributed by atoms with Crippen molar-refractivity contribution in [2.45, 2.75) is 0 Å². The molecule has 0 unspecified atom stereocenters. The van der Waals surface area contributed by atoms with Gasteiger partial charge in [0.2, 0.25) is 0 Å². The number of phenols is 1. The van der Waals surface area contributed by atoms with Gasteiger partial charge in [0.15, 0.2) is 0 Å². The van der Waals surface area contributed by atoms with Gasteiger partial charge >= 0.3 is 0 Å². The van der Waals surface area contributed by atoms with E-state index in [0.29, 0.717) is 5.58 Å². The summed E-state index contributed by atoms with van der Waals surface area (Å²) < 4.78 is 6.09. The van der Waals surface area contributed by atoms with E-state index in [-0.39, 0.29) is 5.75 Å². The topological polar surface area (TPSA) is 57.8 Å². The van der Waals surface area contributed by atoms with Crippen molar-refractivity contribution >= 4 is 28.0 Å². The summed E-state index contributed by atoms with van der Waals surface area (Å²) in [6.45, 7) is 0. The summed E-state index contributed by atoms with van der Waals surface area (Å²) in [4.78, 5) is 4.85. The molecule has 0 bridgehead atoms. The molecule has 0 aliphatic carbocycles. The van der Waals surface area contributed by atoms with Crippen LogP contribution in [0.1, 0.15) is 0 Å². The van der Waals surface area contributed by atoms with Gasteiger partial charge in [-0.1, -0.05) is 48.5 Å². The summed E-state index contributed by atoms with van der Waals surface area (Å²) in [5.41, 5.74) is 4.47. The van der Waals surface area contributed by atoms with Gasteiger partial charge in [0.05, 0.1) is 11.0 Å². The summed E-state index contributed by atoms with van der Waals surface area (Å²) in [6.07, 6.45) is 0. The zero-order chi connectivity index (χ0) is 21.0. The Hall–Kier alpha value is -4.31. The number of aromatic hydroxyl groups is 1. The Bertz CT molecular complexity index is 1390. The Morgan fingerprint density at radius 2 is 1.35 bits per heavy atom. The van der Waals surface area contributed by atoms with Crippen LogP contribution < -0.4 is 10.7 Å². The van der Waals surface area contributed by atoms with Crippen LogP contribution in [0.4, 0.5) is 17.1 Å². The zero-order valence-electron chi connectivity index (χ0n) is 16.7. The molecule has 0 amide bonds. The van der Waals surface area contributed by atoms with E-state index in [0.717, 1.165) is 39.1 Å². The molecule has 0 atom stereocenters. The van der Waals surface area contributed by atoms with Crippen molar-refractivity contribution in [3.63, 3.8) is 0 Å². The normalized spacial score (nSPS) is 11.5. The number of hydrogen-bond acceptors (Lipinski definition) is 4. The molecule has 0 aliphatic heterocycles. The van der Waals surface area contributed by atoms with Gasteiger partial charge in [0, 0.05) is 28.4 Å². The standard InChI is InChI=1S/C27H20N2O2/c30-23-15-16-26-24(17-23)25(18-27(31-26)19-7-3-1-4-8-19)29-22-13-11-21(12-14-22)28-20-9-5-2-6-10-20/h1-18,28,30H. The molecule has 4 aromatic carbocycles. The van der Waals surface area contributed by atoms with Crippen LogP contribution in [-0.2, 0) is 0 Å². The van der Waals surface area contributed by atoms with E-state index < -0.39 is 0 Å². The molecule has 0 fully saturated rings. The van der Waals surface area contributed by atoms with Crippen molar-refractivity contribution in [1.82, 2.24) is 0 Å². The number of benzene rings is 4. The third-order valence-electron chi connectivity index (χ3n) is 4.96. The molecule has 1 heterocycles. The quantitative estimate of drug-likeness (QED) is 0.347. The molecular formula is C27H20N2O2. The highest BCUT2D eigenvalue weighted by molar-refractivity contribution is 5.80. The average molecular weight is 404 g/mol. The molecule has 0 aliphatic rings. The molecule has 2 N–H and O–H groups in total. The highest BCUT2D eigenvalue weighted by Crippen LogP contribution is 2.25. The molecule has 0 spiro atoms. The molecule has 0 saturated heterocycles. The maximum Gasteiger partial charge on any atom is 0.137 e. The molecule has 4 heteroatoms. The van der Waals surface area contributed by atoms with Crippen molar-refractivity contribution in [3.8, 4) is 17.1 Å². The molecule has 0 saturated carbocycles. The minimum Gasteiger partial charge on any atom is -0.508 e. The van der Waals surface area contributed by atoms with E-state index >= 15 is 0 Å². The van der Waals surface area contributed by atoms with Crippen LogP contribution in [0.25, 0.3) is 22.3 Å². The minimum atomic E-state index is 0.175. The van der Waals surface area contributed by atoms with Gasteiger partial charge in [-0.15, -0.1) is 0 Å². The largest absolute Gasteiger partial charge is 0.508 e. The van der Waals surface area contributed by atoms with Crippen molar-refractivity contribution in [2.75, 3.05) is 5.32 Å². The first-order valence-corrected chi connectivity index (χ1v) is 10.0. The first kappa shape index (κ1) is 18.7. The average Bonchev–Trinajstić information content (AvgIpc) is 2.82. The number of para-hydroxylation sites is 1. The Morgan fingerprint density at radius 3 is 2.10 bits per heavy atom. The highest BCUT2D eigenvalue weighted by Gasteiger charge is 2.07. The van der Waals surface area contributed by atoms with Crippen LogP contribution >= 0.6 is 0 Å². The fourth-order valence-electron chi connectivity index (χ4n) is 3.44. The highest BCUT2D eigenvalue weighted by atomic mass is 16.3. The lowest BCUT2D eigenvalue weighted by molar-refractivity contribution is 0.475. The third-order valence-corrected chi connectivity index (χ3v) is 4.96. The molecule has 5 aromatic rings. The predicted molar refractivity (Wildman–Crippen MR) is 125 cm³/mol. The summed E-state index contributed by atoms with van der Waals surface area (Å²) in [7, 11) is 0. The number of rotatable bonds is 4. The second-order valence-electron chi connectivity index (χ2n) is 7.19. The number of anilines is 2. The second-order valence-corrected chi connectivity index (χ2v) is 7.19. The van der Waals surface area contributed by atoms with Crippen molar-refractivity contribution in [3.05, 3.63) is 115 Å². The lowest BCUT2D eigenvalue weighted by Gasteiger charge is -2.07. The minimum absolute atomic E-state index is 0.175. The number of phenolic OH excluding ortho intramolecular Hbond substituents is 1. The van der Waals surface area contributed by atoms with E-state index in [1.54, 1.807) is 18.2 Å². The van der Waals surface area contributed by atoms with E-state index in [1.807, 2.05) is 91.0 Å². The van der Waals surface area contributed by atoms with Gasteiger partial charge in [-0.3, -0.25) is 0 Å². The maximum atomic E-state index is 9.99. The maximum absolute atomic E-state index is 9.99. The van der Waals surface area contributed by atoms with E-state index in [9.17, 15) is 5.11 Å². The van der Waals surface area contributed by atoms with E-state index in [1.165, 1.54) is 0 Å². The summed E-state index contributed by atoms with van der Waals surface area (Å²) >= 11 is 0. The van der Waals surface area contributed by atoms with Gasteiger partial charge in [0.25, 0.3) is 0 Å². The number of nitrogens with zero attached hydrogens (tertiary/aromatic N) is 1. The van der Waals surface area contributed by atoms with Gasteiger partial charge in [-0.2, -0.15) is 0 Å². The zero-order valence-corrected chi connectivity index (χ0v) is 16.7. The molecule has 5 rings (SSSR count). The Morgan fingerprint density at radius 1 is 0.677 bits per heavy atom. The lowest BCUT2D eigenvalue weighted by Crippen LogP contribution is -2.03. The molecule has 150 valence electrons. The Balaban J connectivity index is 1.57. The summed E-state index contributed by atoms with van der Waals surface area (Å²) in [5.74, 6) is 0.897. The number of fused-ring (bicyclic) bond motifs is 1. The Kier molecular flexibility index (Phi) is 4.95. The van der Waals surface area contributed by atoms with Crippen molar-refractivity contribution in [1.29, 1.82) is 0 Å². The van der Waals surface area contributed by atoms with E-state index in [4.69, 9.17) is 9.41 Å². The Labute approximate surface area is 179 Å². The first-order valence-electron chi connectivity index (χ1n) is 10.0. The van der Waals surface area contributed by atoms with Gasteiger partial charge in [-0.25, -0.2) is 4.99 Å². The third kappa shape index (κ3) is 4.19. The molecule has 1 aromatic heterocycles. The van der Waals surface area contributed by atoms with Crippen molar-refractivity contribution in [2.24, 2.45) is 4.99 Å². The van der Waals surface area contributed by atoms with Gasteiger partial charge in [0.1, 0.15) is 17.1 Å². The monoisotopic (exact) mass is 404 g/mol. The summed E-state index contributed by atoms with van der Waals surface area (Å²) in [5, 5.41) is 14.9. The van der Waals surface area contributed by atoms with Crippen LogP contribution in [0.3, 0.4) is 0 Å². The van der Waals surface area contributed by atoms with Crippen LogP contribution in [-0.4, -0.2) is 5.11 Å². The predicted octanol–water partition coefficient (Wildman–Crippen LogP) is 6.78. The van der Waals surface area contributed by atoms with Crippen LogP contribution in [0.5, 0.6) is 5.75 Å². The second kappa shape index (κ2) is 8.20. The van der Waals surface area contributed by atoms with Gasteiger partial charge in [-0.05, 0) is 54.6 Å².